The minimum atomic E-state index is -4.50. The molecule has 2 aromatic heterocycles. The highest BCUT2D eigenvalue weighted by atomic mass is 19.4. The molecule has 2 aliphatic rings. The maximum Gasteiger partial charge on any atom is 0.416 e. The number of pyridine rings is 2. The Kier molecular flexibility index (Phi) is 8.96. The van der Waals surface area contributed by atoms with E-state index >= 15 is 0 Å². The standard InChI is InChI=1S/C35H38F3N5O/c1-24(25-10-4-2-5-11-25)40-34(44)31-29(23-42-20-15-28(16-21-42)43-18-6-3-7-19-43)32(41-30-14-9-17-39-33(30)31)26-12-8-13-27(22-26)35(36,37)38/h2,4-5,8-14,17,22,24,28H,3,6-7,15-16,18-21,23H2,1H3,(H,40,44). The van der Waals surface area contributed by atoms with Crippen molar-refractivity contribution >= 4 is 16.9 Å². The number of halogens is 3. The van der Waals surface area contributed by atoms with Gasteiger partial charge in [-0.2, -0.15) is 13.2 Å². The van der Waals surface area contributed by atoms with Crippen molar-refractivity contribution in [1.82, 2.24) is 25.1 Å². The Morgan fingerprint density at radius 2 is 1.70 bits per heavy atom. The van der Waals surface area contributed by atoms with E-state index in [1.807, 2.05) is 37.3 Å². The lowest BCUT2D eigenvalue weighted by Gasteiger charge is -2.40. The number of alkyl halides is 3. The molecule has 1 N–H and O–H groups in total. The van der Waals surface area contributed by atoms with E-state index in [4.69, 9.17) is 4.98 Å². The van der Waals surface area contributed by atoms with Crippen LogP contribution in [0.15, 0.2) is 72.9 Å². The molecule has 0 spiro atoms. The molecular formula is C35H38F3N5O. The summed E-state index contributed by atoms with van der Waals surface area (Å²) in [6.45, 7) is 6.28. The summed E-state index contributed by atoms with van der Waals surface area (Å²) < 4.78 is 41.4. The predicted molar refractivity (Wildman–Crippen MR) is 166 cm³/mol. The topological polar surface area (TPSA) is 61.4 Å². The van der Waals surface area contributed by atoms with Gasteiger partial charge in [0, 0.05) is 29.9 Å². The highest BCUT2D eigenvalue weighted by Crippen LogP contribution is 2.36. The van der Waals surface area contributed by atoms with E-state index in [-0.39, 0.29) is 11.9 Å². The lowest BCUT2D eigenvalue weighted by atomic mass is 9.94. The first kappa shape index (κ1) is 30.2. The number of rotatable bonds is 7. The van der Waals surface area contributed by atoms with Gasteiger partial charge < -0.3 is 10.2 Å². The van der Waals surface area contributed by atoms with Gasteiger partial charge >= 0.3 is 6.18 Å². The molecule has 0 aliphatic carbocycles. The molecule has 2 saturated heterocycles. The van der Waals surface area contributed by atoms with Gasteiger partial charge in [0.2, 0.25) is 0 Å². The fraction of sp³-hybridized carbons (Fsp3) is 0.400. The lowest BCUT2D eigenvalue weighted by molar-refractivity contribution is -0.137. The number of nitrogens with zero attached hydrogens (tertiary/aromatic N) is 4. The first-order chi connectivity index (χ1) is 21.3. The second kappa shape index (κ2) is 13.0. The Balaban J connectivity index is 1.41. The molecule has 2 fully saturated rings. The quantitative estimate of drug-likeness (QED) is 0.242. The van der Waals surface area contributed by atoms with E-state index in [1.54, 1.807) is 24.4 Å². The SMILES string of the molecule is CC(NC(=O)c1c(CN2CCC(N3CCCCC3)CC2)c(-c2cccc(C(F)(F)F)c2)nc2cccnc12)c1ccccc1. The van der Waals surface area contributed by atoms with E-state index in [0.29, 0.717) is 46.0 Å². The molecule has 4 aromatic rings. The molecular weight excluding hydrogens is 563 g/mol. The third kappa shape index (κ3) is 6.64. The molecule has 0 radical (unpaired) electrons. The summed E-state index contributed by atoms with van der Waals surface area (Å²) in [5.74, 6) is -0.320. The van der Waals surface area contributed by atoms with Crippen molar-refractivity contribution < 1.29 is 18.0 Å². The van der Waals surface area contributed by atoms with E-state index in [0.717, 1.165) is 56.7 Å². The summed E-state index contributed by atoms with van der Waals surface area (Å²) in [6, 6.07) is 18.6. The van der Waals surface area contributed by atoms with E-state index in [2.05, 4.69) is 20.1 Å². The number of carbonyl (C=O) groups is 1. The number of fused-ring (bicyclic) bond motifs is 1. The van der Waals surface area contributed by atoms with Crippen LogP contribution >= 0.6 is 0 Å². The number of piperidine rings is 2. The number of aromatic nitrogens is 2. The van der Waals surface area contributed by atoms with Crippen LogP contribution in [-0.4, -0.2) is 57.9 Å². The van der Waals surface area contributed by atoms with Crippen LogP contribution in [0, 0.1) is 0 Å². The summed E-state index contributed by atoms with van der Waals surface area (Å²) in [6.07, 6.45) is 2.95. The Labute approximate surface area is 256 Å². The number of amides is 1. The van der Waals surface area contributed by atoms with Crippen LogP contribution in [0.5, 0.6) is 0 Å². The first-order valence-electron chi connectivity index (χ1n) is 15.6. The highest BCUT2D eigenvalue weighted by Gasteiger charge is 2.32. The van der Waals surface area contributed by atoms with Crippen molar-refractivity contribution in [2.75, 3.05) is 26.2 Å². The molecule has 6 rings (SSSR count). The van der Waals surface area contributed by atoms with Gasteiger partial charge in [0.25, 0.3) is 5.91 Å². The van der Waals surface area contributed by atoms with Crippen LogP contribution in [0.2, 0.25) is 0 Å². The summed E-state index contributed by atoms with van der Waals surface area (Å²) in [4.78, 5) is 28.5. The van der Waals surface area contributed by atoms with Gasteiger partial charge in [-0.1, -0.05) is 48.9 Å². The zero-order chi connectivity index (χ0) is 30.7. The zero-order valence-corrected chi connectivity index (χ0v) is 25.0. The molecule has 230 valence electrons. The van der Waals surface area contributed by atoms with Crippen LogP contribution < -0.4 is 5.32 Å². The largest absolute Gasteiger partial charge is 0.416 e. The second-order valence-electron chi connectivity index (χ2n) is 12.0. The first-order valence-corrected chi connectivity index (χ1v) is 15.6. The van der Waals surface area contributed by atoms with Crippen molar-refractivity contribution in [2.45, 2.75) is 63.8 Å². The van der Waals surface area contributed by atoms with Gasteiger partial charge in [-0.15, -0.1) is 0 Å². The molecule has 2 aliphatic heterocycles. The number of hydrogen-bond donors (Lipinski definition) is 1. The van der Waals surface area contributed by atoms with Gasteiger partial charge in [0.1, 0.15) is 5.52 Å². The van der Waals surface area contributed by atoms with Crippen LogP contribution in [0.25, 0.3) is 22.3 Å². The van der Waals surface area contributed by atoms with E-state index in [9.17, 15) is 18.0 Å². The molecule has 1 atom stereocenters. The Bertz CT molecular complexity index is 1600. The molecule has 2 aromatic carbocycles. The fourth-order valence-corrected chi connectivity index (χ4v) is 6.65. The monoisotopic (exact) mass is 601 g/mol. The Morgan fingerprint density at radius 3 is 2.43 bits per heavy atom. The van der Waals surface area contributed by atoms with Crippen molar-refractivity contribution in [3.8, 4) is 11.3 Å². The van der Waals surface area contributed by atoms with Crippen LogP contribution in [0.3, 0.4) is 0 Å². The Hall–Kier alpha value is -3.82. The van der Waals surface area contributed by atoms with Crippen molar-refractivity contribution in [3.63, 3.8) is 0 Å². The molecule has 9 heteroatoms. The smallest absolute Gasteiger partial charge is 0.345 e. The Morgan fingerprint density at radius 1 is 0.955 bits per heavy atom. The van der Waals surface area contributed by atoms with Crippen molar-refractivity contribution in [1.29, 1.82) is 0 Å². The maximum atomic E-state index is 14.2. The molecule has 0 saturated carbocycles. The van der Waals surface area contributed by atoms with Gasteiger partial charge in [-0.25, -0.2) is 4.98 Å². The fourth-order valence-electron chi connectivity index (χ4n) is 6.65. The normalized spacial score (nSPS) is 17.9. The summed E-state index contributed by atoms with van der Waals surface area (Å²) in [7, 11) is 0. The minimum absolute atomic E-state index is 0.291. The minimum Gasteiger partial charge on any atom is -0.345 e. The van der Waals surface area contributed by atoms with Crippen molar-refractivity contribution in [2.24, 2.45) is 0 Å². The third-order valence-corrected chi connectivity index (χ3v) is 9.03. The molecule has 44 heavy (non-hydrogen) atoms. The van der Waals surface area contributed by atoms with E-state index < -0.39 is 11.7 Å². The van der Waals surface area contributed by atoms with Gasteiger partial charge in [-0.3, -0.25) is 14.7 Å². The summed E-state index contributed by atoms with van der Waals surface area (Å²) in [5, 5.41) is 3.13. The molecule has 1 amide bonds. The van der Waals surface area contributed by atoms with Gasteiger partial charge in [0.15, 0.2) is 0 Å². The maximum absolute atomic E-state index is 14.2. The number of likely N-dealkylation sites (tertiary alicyclic amines) is 2. The van der Waals surface area contributed by atoms with Gasteiger partial charge in [-0.05, 0) is 88.6 Å². The predicted octanol–water partition coefficient (Wildman–Crippen LogP) is 7.26. The summed E-state index contributed by atoms with van der Waals surface area (Å²) >= 11 is 0. The molecule has 6 nitrogen and oxygen atoms in total. The third-order valence-electron chi connectivity index (χ3n) is 9.03. The number of benzene rings is 2. The highest BCUT2D eigenvalue weighted by molar-refractivity contribution is 6.07. The van der Waals surface area contributed by atoms with E-state index in [1.165, 1.54) is 25.3 Å². The lowest BCUT2D eigenvalue weighted by Crippen LogP contribution is -2.46. The van der Waals surface area contributed by atoms with Crippen molar-refractivity contribution in [3.05, 3.63) is 95.2 Å². The number of carbonyl (C=O) groups excluding carboxylic acids is 1. The zero-order valence-electron chi connectivity index (χ0n) is 25.0. The summed E-state index contributed by atoms with van der Waals surface area (Å²) in [5.41, 5.74) is 2.78. The van der Waals surface area contributed by atoms with Gasteiger partial charge in [0.05, 0.1) is 28.4 Å². The molecule has 0 bridgehead atoms. The number of hydrogen-bond acceptors (Lipinski definition) is 5. The van der Waals surface area contributed by atoms with Crippen LogP contribution in [0.1, 0.15) is 72.1 Å². The molecule has 4 heterocycles. The average molecular weight is 602 g/mol. The second-order valence-corrected chi connectivity index (χ2v) is 12.0. The number of nitrogens with one attached hydrogen (secondary N) is 1. The molecule has 1 unspecified atom stereocenters. The average Bonchev–Trinajstić information content (AvgIpc) is 3.05. The van der Waals surface area contributed by atoms with Crippen LogP contribution in [0.4, 0.5) is 13.2 Å². The van der Waals surface area contributed by atoms with Crippen LogP contribution in [-0.2, 0) is 12.7 Å².